The van der Waals surface area contributed by atoms with Crippen LogP contribution in [0.4, 0.5) is 5.69 Å². The van der Waals surface area contributed by atoms with Crippen LogP contribution in [0.5, 0.6) is 0 Å². The summed E-state index contributed by atoms with van der Waals surface area (Å²) in [4.78, 5) is 0. The molecule has 3 heteroatoms. The maximum atomic E-state index is 5.84. The van der Waals surface area contributed by atoms with E-state index in [1.54, 1.807) is 0 Å². The van der Waals surface area contributed by atoms with Gasteiger partial charge in [0.05, 0.1) is 11.4 Å². The summed E-state index contributed by atoms with van der Waals surface area (Å²) in [6, 6.07) is 17.7. The van der Waals surface area contributed by atoms with Gasteiger partial charge in [-0.2, -0.15) is 5.10 Å². The van der Waals surface area contributed by atoms with Crippen molar-refractivity contribution < 1.29 is 0 Å². The Morgan fingerprint density at radius 3 is 2.45 bits per heavy atom. The monoisotopic (exact) mass is 284 g/mol. The second-order valence-corrected chi connectivity index (χ2v) is 4.76. The summed E-state index contributed by atoms with van der Waals surface area (Å²) in [6.07, 6.45) is 4.95. The second kappa shape index (κ2) is 7.51. The lowest BCUT2D eigenvalue weighted by atomic mass is 10.2. The second-order valence-electron chi connectivity index (χ2n) is 4.32. The van der Waals surface area contributed by atoms with Crippen molar-refractivity contribution in [3.63, 3.8) is 0 Å². The van der Waals surface area contributed by atoms with E-state index in [-0.39, 0.29) is 0 Å². The Hall–Kier alpha value is -2.06. The molecule has 0 spiro atoms. The van der Waals surface area contributed by atoms with Gasteiger partial charge in [0.2, 0.25) is 0 Å². The number of hydrazone groups is 1. The average molecular weight is 285 g/mol. The smallest absolute Gasteiger partial charge is 0.0604 e. The molecule has 0 heterocycles. The van der Waals surface area contributed by atoms with Gasteiger partial charge >= 0.3 is 0 Å². The first-order valence-corrected chi connectivity index (χ1v) is 6.97. The number of nitrogens with one attached hydrogen (secondary N) is 1. The molecule has 0 unspecified atom stereocenters. The van der Waals surface area contributed by atoms with Crippen molar-refractivity contribution in [1.82, 2.24) is 0 Å². The van der Waals surface area contributed by atoms with E-state index in [0.29, 0.717) is 0 Å². The van der Waals surface area contributed by atoms with Gasteiger partial charge in [0, 0.05) is 5.02 Å². The van der Waals surface area contributed by atoms with Crippen molar-refractivity contribution in [3.05, 3.63) is 71.3 Å². The van der Waals surface area contributed by atoms with E-state index >= 15 is 0 Å². The molecule has 0 atom stereocenters. The maximum absolute atomic E-state index is 5.84. The van der Waals surface area contributed by atoms with Crippen molar-refractivity contribution in [3.8, 4) is 0 Å². The van der Waals surface area contributed by atoms with E-state index in [2.05, 4.69) is 35.7 Å². The molecule has 0 amide bonds. The first-order valence-electron chi connectivity index (χ1n) is 6.59. The summed E-state index contributed by atoms with van der Waals surface area (Å²) in [5.74, 6) is 0. The number of halogens is 1. The molecule has 0 aliphatic rings. The highest BCUT2D eigenvalue weighted by Gasteiger charge is 1.93. The molecule has 0 fully saturated rings. The summed E-state index contributed by atoms with van der Waals surface area (Å²) in [5.41, 5.74) is 6.12. The largest absolute Gasteiger partial charge is 0.278 e. The van der Waals surface area contributed by atoms with Crippen LogP contribution in [0.25, 0.3) is 6.08 Å². The van der Waals surface area contributed by atoms with Crippen LogP contribution in [-0.4, -0.2) is 5.71 Å². The summed E-state index contributed by atoms with van der Waals surface area (Å²) >= 11 is 5.84. The van der Waals surface area contributed by atoms with Gasteiger partial charge in [0.25, 0.3) is 0 Å². The van der Waals surface area contributed by atoms with Gasteiger partial charge in [0.1, 0.15) is 0 Å². The molecule has 0 bridgehead atoms. The third-order valence-corrected chi connectivity index (χ3v) is 3.05. The molecular weight excluding hydrogens is 268 g/mol. The third-order valence-electron chi connectivity index (χ3n) is 2.80. The van der Waals surface area contributed by atoms with Crippen LogP contribution in [0.2, 0.25) is 5.02 Å². The lowest BCUT2D eigenvalue weighted by Gasteiger charge is -2.02. The summed E-state index contributed by atoms with van der Waals surface area (Å²) < 4.78 is 0. The lowest BCUT2D eigenvalue weighted by Crippen LogP contribution is -1.97. The summed E-state index contributed by atoms with van der Waals surface area (Å²) in [5, 5.41) is 5.12. The van der Waals surface area contributed by atoms with Crippen LogP contribution in [0.1, 0.15) is 18.9 Å². The van der Waals surface area contributed by atoms with Crippen LogP contribution in [0.15, 0.2) is 65.8 Å². The van der Waals surface area contributed by atoms with Crippen molar-refractivity contribution >= 4 is 29.1 Å². The first-order chi connectivity index (χ1) is 9.78. The standard InChI is InChI=1S/C17H17ClN2/c1-2-16(11-8-14-6-4-3-5-7-14)19-20-17-12-9-15(18)10-13-17/h3-13,20H,2H2,1H3/b11-8+,19-16+. The van der Waals surface area contributed by atoms with Gasteiger partial charge in [-0.15, -0.1) is 0 Å². The topological polar surface area (TPSA) is 24.4 Å². The number of rotatable bonds is 5. The number of hydrogen-bond donors (Lipinski definition) is 1. The van der Waals surface area contributed by atoms with Crippen LogP contribution in [-0.2, 0) is 0 Å². The zero-order valence-corrected chi connectivity index (χ0v) is 12.1. The Morgan fingerprint density at radius 2 is 1.80 bits per heavy atom. The molecule has 2 nitrogen and oxygen atoms in total. The van der Waals surface area contributed by atoms with Crippen molar-refractivity contribution in [2.24, 2.45) is 5.10 Å². The molecule has 0 aromatic heterocycles. The van der Waals surface area contributed by atoms with Crippen LogP contribution < -0.4 is 5.43 Å². The normalized spacial score (nSPS) is 11.8. The van der Waals surface area contributed by atoms with Gasteiger partial charge in [-0.3, -0.25) is 5.43 Å². The number of benzene rings is 2. The van der Waals surface area contributed by atoms with Crippen LogP contribution >= 0.6 is 11.6 Å². The highest BCUT2D eigenvalue weighted by atomic mass is 35.5. The van der Waals surface area contributed by atoms with Crippen molar-refractivity contribution in [1.29, 1.82) is 0 Å². The average Bonchev–Trinajstić information content (AvgIpc) is 2.50. The Labute approximate surface area is 124 Å². The van der Waals surface area contributed by atoms with Gasteiger partial charge in [-0.05, 0) is 42.3 Å². The zero-order valence-electron chi connectivity index (χ0n) is 11.4. The SMILES string of the molecule is CCC(/C=C/c1ccccc1)=N\Nc1ccc(Cl)cc1. The molecule has 0 saturated heterocycles. The van der Waals surface area contributed by atoms with Gasteiger partial charge < -0.3 is 0 Å². The minimum absolute atomic E-state index is 0.721. The molecule has 2 aromatic carbocycles. The number of nitrogens with zero attached hydrogens (tertiary/aromatic N) is 1. The molecule has 0 radical (unpaired) electrons. The molecular formula is C17H17ClN2. The fourth-order valence-corrected chi connectivity index (χ4v) is 1.78. The van der Waals surface area contributed by atoms with Crippen LogP contribution in [0, 0.1) is 0 Å². The quantitative estimate of drug-likeness (QED) is 0.590. The van der Waals surface area contributed by atoms with E-state index in [9.17, 15) is 0 Å². The molecule has 102 valence electrons. The van der Waals surface area contributed by atoms with E-state index in [1.807, 2.05) is 48.5 Å². The molecule has 0 aliphatic heterocycles. The van der Waals surface area contributed by atoms with Gasteiger partial charge in [0.15, 0.2) is 0 Å². The predicted octanol–water partition coefficient (Wildman–Crippen LogP) is 5.23. The molecule has 0 saturated carbocycles. The molecule has 2 rings (SSSR count). The van der Waals surface area contributed by atoms with Gasteiger partial charge in [-0.25, -0.2) is 0 Å². The zero-order chi connectivity index (χ0) is 14.2. The molecule has 2 aromatic rings. The number of hydrogen-bond acceptors (Lipinski definition) is 2. The van der Waals surface area contributed by atoms with E-state index in [4.69, 9.17) is 11.6 Å². The Bertz CT molecular complexity index is 586. The van der Waals surface area contributed by atoms with Gasteiger partial charge in [-0.1, -0.05) is 54.9 Å². The highest BCUT2D eigenvalue weighted by Crippen LogP contribution is 2.13. The molecule has 20 heavy (non-hydrogen) atoms. The Kier molecular flexibility index (Phi) is 5.39. The van der Waals surface area contributed by atoms with Crippen LogP contribution in [0.3, 0.4) is 0 Å². The van der Waals surface area contributed by atoms with E-state index in [1.165, 1.54) is 5.56 Å². The summed E-state index contributed by atoms with van der Waals surface area (Å²) in [7, 11) is 0. The Balaban J connectivity index is 2.02. The third kappa shape index (κ3) is 4.56. The Morgan fingerprint density at radius 1 is 1.10 bits per heavy atom. The maximum Gasteiger partial charge on any atom is 0.0604 e. The fraction of sp³-hybridized carbons (Fsp3) is 0.118. The molecule has 1 N–H and O–H groups in total. The lowest BCUT2D eigenvalue weighted by molar-refractivity contribution is 1.23. The number of anilines is 1. The number of allylic oxidation sites excluding steroid dienone is 1. The minimum Gasteiger partial charge on any atom is -0.278 e. The molecule has 0 aliphatic carbocycles. The fourth-order valence-electron chi connectivity index (χ4n) is 1.65. The first kappa shape index (κ1) is 14.4. The van der Waals surface area contributed by atoms with E-state index in [0.717, 1.165) is 22.8 Å². The summed E-state index contributed by atoms with van der Waals surface area (Å²) in [6.45, 7) is 2.08. The highest BCUT2D eigenvalue weighted by molar-refractivity contribution is 6.30. The van der Waals surface area contributed by atoms with Crippen molar-refractivity contribution in [2.75, 3.05) is 5.43 Å². The minimum atomic E-state index is 0.721. The van der Waals surface area contributed by atoms with Crippen molar-refractivity contribution in [2.45, 2.75) is 13.3 Å². The predicted molar refractivity (Wildman–Crippen MR) is 88.3 cm³/mol. The van der Waals surface area contributed by atoms with E-state index < -0.39 is 0 Å².